The number of nitriles is 1. The first kappa shape index (κ1) is 15.7. The van der Waals surface area contributed by atoms with Gasteiger partial charge in [-0.2, -0.15) is 5.26 Å². The average Bonchev–Trinajstić information content (AvgIpc) is 2.52. The molecule has 0 radical (unpaired) electrons. The van der Waals surface area contributed by atoms with Crippen LogP contribution in [0.2, 0.25) is 0 Å². The summed E-state index contributed by atoms with van der Waals surface area (Å²) in [5.41, 5.74) is 1.50. The summed E-state index contributed by atoms with van der Waals surface area (Å²) in [6.07, 6.45) is 2.99. The highest BCUT2D eigenvalue weighted by Gasteiger charge is 2.09. The van der Waals surface area contributed by atoms with Crippen LogP contribution in [0.15, 0.2) is 58.8 Å². The van der Waals surface area contributed by atoms with Crippen LogP contribution in [0.4, 0.5) is 11.5 Å². The molecular weight excluding hydrogens is 344 g/mol. The Morgan fingerprint density at radius 3 is 2.68 bits per heavy atom. The Balaban J connectivity index is 2.09. The minimum Gasteiger partial charge on any atom is -0.345 e. The normalized spacial score (nSPS) is 10.7. The minimum atomic E-state index is -0.481. The molecule has 0 aliphatic heterocycles. The van der Waals surface area contributed by atoms with E-state index in [-0.39, 0.29) is 5.57 Å². The van der Waals surface area contributed by atoms with Crippen molar-refractivity contribution in [1.82, 2.24) is 4.98 Å². The Labute approximate surface area is 136 Å². The lowest BCUT2D eigenvalue weighted by Crippen LogP contribution is -2.14. The third-order valence-corrected chi connectivity index (χ3v) is 3.36. The maximum atomic E-state index is 12.1. The Bertz CT molecular complexity index is 747. The first-order chi connectivity index (χ1) is 10.6. The molecule has 0 fully saturated rings. The van der Waals surface area contributed by atoms with Crippen molar-refractivity contribution in [2.45, 2.75) is 6.92 Å². The second kappa shape index (κ2) is 7.38. The Morgan fingerprint density at radius 1 is 1.32 bits per heavy atom. The smallest absolute Gasteiger partial charge is 0.267 e. The number of hydrogen-bond donors (Lipinski definition) is 2. The maximum absolute atomic E-state index is 12.1. The average molecular weight is 357 g/mol. The van der Waals surface area contributed by atoms with Gasteiger partial charge in [0, 0.05) is 22.6 Å². The second-order valence-electron chi connectivity index (χ2n) is 4.44. The third-order valence-electron chi connectivity index (χ3n) is 2.83. The number of carbonyl (C=O) groups excluding carboxylic acids is 1. The molecule has 0 aliphatic rings. The summed E-state index contributed by atoms with van der Waals surface area (Å²) in [4.78, 5) is 16.2. The van der Waals surface area contributed by atoms with E-state index in [4.69, 9.17) is 5.26 Å². The van der Waals surface area contributed by atoms with Gasteiger partial charge >= 0.3 is 0 Å². The highest BCUT2D eigenvalue weighted by Crippen LogP contribution is 2.15. The van der Waals surface area contributed by atoms with E-state index in [1.54, 1.807) is 30.5 Å². The van der Waals surface area contributed by atoms with Crippen LogP contribution in [0.25, 0.3) is 0 Å². The quantitative estimate of drug-likeness (QED) is 0.647. The number of rotatable bonds is 4. The fourth-order valence-corrected chi connectivity index (χ4v) is 1.92. The Kier molecular flexibility index (Phi) is 5.28. The van der Waals surface area contributed by atoms with Gasteiger partial charge in [-0.3, -0.25) is 4.79 Å². The summed E-state index contributed by atoms with van der Waals surface area (Å²) >= 11 is 3.32. The molecule has 5 nitrogen and oxygen atoms in total. The van der Waals surface area contributed by atoms with Crippen molar-refractivity contribution in [2.24, 2.45) is 0 Å². The van der Waals surface area contributed by atoms with E-state index in [0.717, 1.165) is 10.0 Å². The summed E-state index contributed by atoms with van der Waals surface area (Å²) in [7, 11) is 0. The van der Waals surface area contributed by atoms with Crippen molar-refractivity contribution in [3.63, 3.8) is 0 Å². The van der Waals surface area contributed by atoms with Crippen molar-refractivity contribution in [2.75, 3.05) is 10.6 Å². The molecule has 2 aromatic rings. The van der Waals surface area contributed by atoms with Gasteiger partial charge in [-0.15, -0.1) is 0 Å². The van der Waals surface area contributed by atoms with E-state index < -0.39 is 5.91 Å². The molecule has 1 aromatic carbocycles. The van der Waals surface area contributed by atoms with Gasteiger partial charge in [0.05, 0.1) is 0 Å². The van der Waals surface area contributed by atoms with Gasteiger partial charge in [-0.05, 0) is 42.8 Å². The van der Waals surface area contributed by atoms with E-state index in [0.29, 0.717) is 11.5 Å². The van der Waals surface area contributed by atoms with Crippen LogP contribution in [0.3, 0.4) is 0 Å². The van der Waals surface area contributed by atoms with E-state index >= 15 is 0 Å². The van der Waals surface area contributed by atoms with E-state index in [2.05, 4.69) is 31.5 Å². The van der Waals surface area contributed by atoms with Crippen molar-refractivity contribution in [3.8, 4) is 6.07 Å². The zero-order chi connectivity index (χ0) is 15.9. The van der Waals surface area contributed by atoms with Crippen molar-refractivity contribution in [3.05, 3.63) is 64.4 Å². The SMILES string of the molecule is Cc1cccnc1N/C=C(/C#N)C(=O)Nc1ccc(Br)cc1. The van der Waals surface area contributed by atoms with Crippen LogP contribution < -0.4 is 10.6 Å². The standard InChI is InChI=1S/C16H13BrN4O/c1-11-3-2-8-19-15(11)20-10-12(9-18)16(22)21-14-6-4-13(17)5-7-14/h2-8,10H,1H3,(H,19,20)(H,21,22)/b12-10-. The van der Waals surface area contributed by atoms with Crippen LogP contribution in [-0.2, 0) is 4.79 Å². The number of nitrogens with one attached hydrogen (secondary N) is 2. The van der Waals surface area contributed by atoms with Gasteiger partial charge in [-0.25, -0.2) is 4.98 Å². The molecule has 0 bridgehead atoms. The number of benzene rings is 1. The van der Waals surface area contributed by atoms with Crippen LogP contribution in [0.5, 0.6) is 0 Å². The lowest BCUT2D eigenvalue weighted by molar-refractivity contribution is -0.112. The molecular formula is C16H13BrN4O. The monoisotopic (exact) mass is 356 g/mol. The highest BCUT2D eigenvalue weighted by atomic mass is 79.9. The molecule has 0 aliphatic carbocycles. The van der Waals surface area contributed by atoms with Crippen LogP contribution in [-0.4, -0.2) is 10.9 Å². The Morgan fingerprint density at radius 2 is 2.05 bits per heavy atom. The van der Waals surface area contributed by atoms with Gasteiger partial charge < -0.3 is 10.6 Å². The fraction of sp³-hybridized carbons (Fsp3) is 0.0625. The fourth-order valence-electron chi connectivity index (χ4n) is 1.66. The number of aryl methyl sites for hydroxylation is 1. The molecule has 2 N–H and O–H groups in total. The first-order valence-corrected chi connectivity index (χ1v) is 7.25. The molecule has 0 unspecified atom stereocenters. The molecule has 1 heterocycles. The number of pyridine rings is 1. The molecule has 22 heavy (non-hydrogen) atoms. The molecule has 2 rings (SSSR count). The third kappa shape index (κ3) is 4.17. The van der Waals surface area contributed by atoms with Gasteiger partial charge in [-0.1, -0.05) is 22.0 Å². The minimum absolute atomic E-state index is 0.0343. The summed E-state index contributed by atoms with van der Waals surface area (Å²) in [5.74, 6) is 0.123. The van der Waals surface area contributed by atoms with E-state index in [1.165, 1.54) is 6.20 Å². The zero-order valence-corrected chi connectivity index (χ0v) is 13.4. The predicted molar refractivity (Wildman–Crippen MR) is 89.1 cm³/mol. The predicted octanol–water partition coefficient (Wildman–Crippen LogP) is 3.61. The Hall–Kier alpha value is -2.65. The van der Waals surface area contributed by atoms with Gasteiger partial charge in [0.25, 0.3) is 5.91 Å². The van der Waals surface area contributed by atoms with E-state index in [1.807, 2.05) is 25.1 Å². The molecule has 6 heteroatoms. The summed E-state index contributed by atoms with van der Waals surface area (Å²) in [6.45, 7) is 1.89. The first-order valence-electron chi connectivity index (χ1n) is 6.45. The summed E-state index contributed by atoms with van der Waals surface area (Å²) in [6, 6.07) is 12.7. The lowest BCUT2D eigenvalue weighted by atomic mass is 10.2. The largest absolute Gasteiger partial charge is 0.345 e. The highest BCUT2D eigenvalue weighted by molar-refractivity contribution is 9.10. The maximum Gasteiger partial charge on any atom is 0.267 e. The van der Waals surface area contributed by atoms with Crippen LogP contribution in [0, 0.1) is 18.3 Å². The van der Waals surface area contributed by atoms with Crippen molar-refractivity contribution in [1.29, 1.82) is 5.26 Å². The molecule has 1 aromatic heterocycles. The number of nitrogens with zero attached hydrogens (tertiary/aromatic N) is 2. The molecule has 0 saturated heterocycles. The summed E-state index contributed by atoms with van der Waals surface area (Å²) in [5, 5.41) is 14.7. The van der Waals surface area contributed by atoms with Crippen LogP contribution in [0.1, 0.15) is 5.56 Å². The topological polar surface area (TPSA) is 77.8 Å². The van der Waals surface area contributed by atoms with Crippen LogP contribution >= 0.6 is 15.9 Å². The number of aromatic nitrogens is 1. The molecule has 0 spiro atoms. The number of amides is 1. The number of hydrogen-bond acceptors (Lipinski definition) is 4. The van der Waals surface area contributed by atoms with E-state index in [9.17, 15) is 4.79 Å². The molecule has 0 atom stereocenters. The molecule has 110 valence electrons. The number of anilines is 2. The second-order valence-corrected chi connectivity index (χ2v) is 5.36. The summed E-state index contributed by atoms with van der Waals surface area (Å²) < 4.78 is 0.911. The van der Waals surface area contributed by atoms with Gasteiger partial charge in [0.2, 0.25) is 0 Å². The number of halogens is 1. The van der Waals surface area contributed by atoms with Crippen molar-refractivity contribution < 1.29 is 4.79 Å². The van der Waals surface area contributed by atoms with Gasteiger partial charge in [0.15, 0.2) is 0 Å². The lowest BCUT2D eigenvalue weighted by Gasteiger charge is -2.06. The number of carbonyl (C=O) groups is 1. The zero-order valence-electron chi connectivity index (χ0n) is 11.8. The van der Waals surface area contributed by atoms with Gasteiger partial charge in [0.1, 0.15) is 17.5 Å². The molecule has 1 amide bonds. The molecule has 0 saturated carbocycles. The van der Waals surface area contributed by atoms with Crippen molar-refractivity contribution >= 4 is 33.3 Å².